The summed E-state index contributed by atoms with van der Waals surface area (Å²) in [6.07, 6.45) is 1.21. The minimum absolute atomic E-state index is 0.0899. The van der Waals surface area contributed by atoms with Crippen LogP contribution in [0.5, 0.6) is 0 Å². The molecule has 2 N–H and O–H groups in total. The summed E-state index contributed by atoms with van der Waals surface area (Å²) in [6, 6.07) is -0.204. The van der Waals surface area contributed by atoms with Crippen molar-refractivity contribution in [2.45, 2.75) is 39.7 Å². The van der Waals surface area contributed by atoms with Gasteiger partial charge >= 0.3 is 6.03 Å². The largest absolute Gasteiger partial charge is 0.396 e. The molecule has 1 fully saturated rings. The van der Waals surface area contributed by atoms with Crippen molar-refractivity contribution in [3.8, 4) is 0 Å². The number of aliphatic hydroxyl groups is 1. The van der Waals surface area contributed by atoms with E-state index in [-0.39, 0.29) is 30.5 Å². The molecule has 0 bridgehead atoms. The van der Waals surface area contributed by atoms with Gasteiger partial charge in [0.15, 0.2) is 0 Å². The topological polar surface area (TPSA) is 69.6 Å². The molecule has 0 aromatic rings. The molecule has 1 heterocycles. The lowest BCUT2D eigenvalue weighted by molar-refractivity contribution is -0.121. The van der Waals surface area contributed by atoms with Crippen LogP contribution in [0, 0.1) is 11.8 Å². The molecular formula is C12H22N2O3. The lowest BCUT2D eigenvalue weighted by Gasteiger charge is -2.34. The minimum atomic E-state index is -0.294. The van der Waals surface area contributed by atoms with E-state index in [2.05, 4.69) is 12.2 Å². The van der Waals surface area contributed by atoms with E-state index in [1.165, 1.54) is 0 Å². The molecule has 3 unspecified atom stereocenters. The Balaban J connectivity index is 2.49. The van der Waals surface area contributed by atoms with Gasteiger partial charge in [-0.15, -0.1) is 0 Å². The monoisotopic (exact) mass is 242 g/mol. The predicted octanol–water partition coefficient (Wildman–Crippen LogP) is 0.971. The molecule has 5 heteroatoms. The van der Waals surface area contributed by atoms with Gasteiger partial charge in [-0.3, -0.25) is 10.1 Å². The highest BCUT2D eigenvalue weighted by molar-refractivity contribution is 5.96. The first kappa shape index (κ1) is 14.0. The van der Waals surface area contributed by atoms with E-state index >= 15 is 0 Å². The van der Waals surface area contributed by atoms with Crippen LogP contribution in [0.2, 0.25) is 0 Å². The smallest absolute Gasteiger partial charge is 0.324 e. The number of rotatable bonds is 5. The Kier molecular flexibility index (Phi) is 4.93. The van der Waals surface area contributed by atoms with E-state index in [9.17, 15) is 9.59 Å². The summed E-state index contributed by atoms with van der Waals surface area (Å²) in [5.41, 5.74) is 0. The quantitative estimate of drug-likeness (QED) is 0.754. The van der Waals surface area contributed by atoms with E-state index in [4.69, 9.17) is 5.11 Å². The molecule has 0 spiro atoms. The molecule has 0 aromatic heterocycles. The molecule has 1 aliphatic rings. The third-order valence-electron chi connectivity index (χ3n) is 3.59. The van der Waals surface area contributed by atoms with Gasteiger partial charge in [0, 0.05) is 25.6 Å². The summed E-state index contributed by atoms with van der Waals surface area (Å²) in [5.74, 6) is 0.377. The highest BCUT2D eigenvalue weighted by atomic mass is 16.3. The van der Waals surface area contributed by atoms with Crippen molar-refractivity contribution in [1.29, 1.82) is 0 Å². The van der Waals surface area contributed by atoms with Gasteiger partial charge in [-0.1, -0.05) is 13.8 Å². The third kappa shape index (κ3) is 3.70. The van der Waals surface area contributed by atoms with E-state index in [1.54, 1.807) is 4.90 Å². The lowest BCUT2D eigenvalue weighted by atomic mass is 9.90. The Hall–Kier alpha value is -1.10. The summed E-state index contributed by atoms with van der Waals surface area (Å²) < 4.78 is 0. The van der Waals surface area contributed by atoms with Gasteiger partial charge in [-0.25, -0.2) is 4.79 Å². The zero-order chi connectivity index (χ0) is 13.0. The van der Waals surface area contributed by atoms with E-state index in [0.717, 1.165) is 6.42 Å². The van der Waals surface area contributed by atoms with Crippen molar-refractivity contribution in [2.24, 2.45) is 11.8 Å². The predicted molar refractivity (Wildman–Crippen MR) is 64.4 cm³/mol. The van der Waals surface area contributed by atoms with Gasteiger partial charge in [0.2, 0.25) is 5.91 Å². The summed E-state index contributed by atoms with van der Waals surface area (Å²) in [4.78, 5) is 24.3. The third-order valence-corrected chi connectivity index (χ3v) is 3.59. The van der Waals surface area contributed by atoms with Crippen molar-refractivity contribution in [1.82, 2.24) is 10.2 Å². The van der Waals surface area contributed by atoms with Crippen LogP contribution in [0.25, 0.3) is 0 Å². The molecule has 0 aliphatic carbocycles. The molecule has 1 aliphatic heterocycles. The summed E-state index contributed by atoms with van der Waals surface area (Å²) in [6.45, 7) is 6.71. The number of carbonyl (C=O) groups excluding carboxylic acids is 2. The first-order chi connectivity index (χ1) is 7.95. The highest BCUT2D eigenvalue weighted by Crippen LogP contribution is 2.20. The van der Waals surface area contributed by atoms with Crippen LogP contribution in [0.3, 0.4) is 0 Å². The zero-order valence-corrected chi connectivity index (χ0v) is 10.8. The van der Waals surface area contributed by atoms with Crippen LogP contribution in [0.15, 0.2) is 0 Å². The van der Waals surface area contributed by atoms with Crippen LogP contribution in [0.1, 0.15) is 33.6 Å². The van der Waals surface area contributed by atoms with Crippen LogP contribution in [-0.2, 0) is 4.79 Å². The Morgan fingerprint density at radius 1 is 1.29 bits per heavy atom. The first-order valence-corrected chi connectivity index (χ1v) is 6.17. The van der Waals surface area contributed by atoms with Gasteiger partial charge in [0.05, 0.1) is 0 Å². The minimum Gasteiger partial charge on any atom is -0.396 e. The normalized spacial score (nSPS) is 22.0. The van der Waals surface area contributed by atoms with Crippen molar-refractivity contribution in [2.75, 3.05) is 13.2 Å². The number of nitrogens with zero attached hydrogens (tertiary/aromatic N) is 1. The molecule has 3 amide bonds. The number of hydrogen-bond donors (Lipinski definition) is 2. The number of urea groups is 1. The fraction of sp³-hybridized carbons (Fsp3) is 0.833. The average molecular weight is 242 g/mol. The van der Waals surface area contributed by atoms with Crippen molar-refractivity contribution < 1.29 is 14.7 Å². The molecular weight excluding hydrogens is 220 g/mol. The SMILES string of the molecule is CC(CO)C(C)CC(C)N1CCC(=O)NC1=O. The Morgan fingerprint density at radius 3 is 2.47 bits per heavy atom. The molecule has 1 rings (SSSR count). The van der Waals surface area contributed by atoms with Crippen LogP contribution in [0.4, 0.5) is 4.79 Å². The Morgan fingerprint density at radius 2 is 1.94 bits per heavy atom. The maximum Gasteiger partial charge on any atom is 0.324 e. The molecule has 0 saturated carbocycles. The maximum absolute atomic E-state index is 11.6. The first-order valence-electron chi connectivity index (χ1n) is 6.17. The molecule has 17 heavy (non-hydrogen) atoms. The molecule has 3 atom stereocenters. The fourth-order valence-electron chi connectivity index (χ4n) is 2.08. The van der Waals surface area contributed by atoms with Gasteiger partial charge < -0.3 is 10.0 Å². The molecule has 0 aromatic carbocycles. The van der Waals surface area contributed by atoms with Gasteiger partial charge in [-0.05, 0) is 25.2 Å². The van der Waals surface area contributed by atoms with Crippen LogP contribution in [-0.4, -0.2) is 41.1 Å². The highest BCUT2D eigenvalue weighted by Gasteiger charge is 2.28. The standard InChI is InChI=1S/C12H22N2O3/c1-8(9(2)7-15)6-10(3)14-5-4-11(16)13-12(14)17/h8-10,15H,4-7H2,1-3H3,(H,13,16,17). The maximum atomic E-state index is 11.6. The second-order valence-corrected chi connectivity index (χ2v) is 5.02. The number of hydrogen-bond acceptors (Lipinski definition) is 3. The van der Waals surface area contributed by atoms with Crippen LogP contribution < -0.4 is 5.32 Å². The molecule has 1 saturated heterocycles. The molecule has 98 valence electrons. The Labute approximate surface area is 102 Å². The fourth-order valence-corrected chi connectivity index (χ4v) is 2.08. The number of nitrogens with one attached hydrogen (secondary N) is 1. The number of amides is 3. The Bertz CT molecular complexity index is 293. The summed E-state index contributed by atoms with van der Waals surface area (Å²) in [7, 11) is 0. The summed E-state index contributed by atoms with van der Waals surface area (Å²) in [5, 5.41) is 11.4. The van der Waals surface area contributed by atoms with E-state index < -0.39 is 0 Å². The zero-order valence-electron chi connectivity index (χ0n) is 10.8. The molecule has 0 radical (unpaired) electrons. The van der Waals surface area contributed by atoms with Gasteiger partial charge in [-0.2, -0.15) is 0 Å². The second-order valence-electron chi connectivity index (χ2n) is 5.02. The van der Waals surface area contributed by atoms with Crippen molar-refractivity contribution >= 4 is 11.9 Å². The average Bonchev–Trinajstić information content (AvgIpc) is 2.27. The number of carbonyl (C=O) groups is 2. The second kappa shape index (κ2) is 6.00. The van der Waals surface area contributed by atoms with E-state index in [0.29, 0.717) is 18.9 Å². The van der Waals surface area contributed by atoms with Crippen molar-refractivity contribution in [3.05, 3.63) is 0 Å². The lowest BCUT2D eigenvalue weighted by Crippen LogP contribution is -2.53. The van der Waals surface area contributed by atoms with Crippen LogP contribution >= 0.6 is 0 Å². The van der Waals surface area contributed by atoms with E-state index in [1.807, 2.05) is 13.8 Å². The summed E-state index contributed by atoms with van der Waals surface area (Å²) >= 11 is 0. The van der Waals surface area contributed by atoms with Gasteiger partial charge in [0.25, 0.3) is 0 Å². The molecule has 5 nitrogen and oxygen atoms in total. The number of aliphatic hydroxyl groups excluding tert-OH is 1. The number of imide groups is 1. The van der Waals surface area contributed by atoms with Crippen molar-refractivity contribution in [3.63, 3.8) is 0 Å². The van der Waals surface area contributed by atoms with Gasteiger partial charge in [0.1, 0.15) is 0 Å².